The number of carbonyl (C=O) groups excluding carboxylic acids is 3. The number of carbonyl (C=O) groups is 3. The van der Waals surface area contributed by atoms with E-state index in [4.69, 9.17) is 16.3 Å². The molecule has 0 unspecified atom stereocenters. The van der Waals surface area contributed by atoms with Gasteiger partial charge in [-0.05, 0) is 50.9 Å². The minimum absolute atomic E-state index is 0.159. The van der Waals surface area contributed by atoms with Crippen molar-refractivity contribution < 1.29 is 19.1 Å². The van der Waals surface area contributed by atoms with Gasteiger partial charge in [-0.15, -0.1) is 0 Å². The lowest BCUT2D eigenvalue weighted by Gasteiger charge is -2.36. The van der Waals surface area contributed by atoms with E-state index in [1.165, 1.54) is 12.0 Å². The van der Waals surface area contributed by atoms with Crippen LogP contribution in [0.25, 0.3) is 0 Å². The average Bonchev–Trinajstić information content (AvgIpc) is 3.48. The van der Waals surface area contributed by atoms with E-state index >= 15 is 0 Å². The van der Waals surface area contributed by atoms with Gasteiger partial charge < -0.3 is 10.1 Å². The molecule has 3 saturated heterocycles. The fourth-order valence-corrected chi connectivity index (χ4v) is 6.69. The van der Waals surface area contributed by atoms with Crippen molar-refractivity contribution in [3.05, 3.63) is 52.0 Å². The molecule has 3 fully saturated rings. The van der Waals surface area contributed by atoms with E-state index in [0.717, 1.165) is 35.2 Å². The van der Waals surface area contributed by atoms with Gasteiger partial charge in [0.15, 0.2) is 0 Å². The topological polar surface area (TPSA) is 79.0 Å². The number of nitrogens with zero attached hydrogens (tertiary/aromatic N) is 2. The molecule has 4 aliphatic heterocycles. The molecule has 6 rings (SSSR count). The molecule has 0 radical (unpaired) electrons. The first-order chi connectivity index (χ1) is 15.8. The third-order valence-corrected chi connectivity index (χ3v) is 8.26. The zero-order valence-corrected chi connectivity index (χ0v) is 19.4. The highest BCUT2D eigenvalue weighted by atomic mass is 35.5. The van der Waals surface area contributed by atoms with E-state index in [9.17, 15) is 14.4 Å². The number of nitrogens with one attached hydrogen (secondary N) is 1. The summed E-state index contributed by atoms with van der Waals surface area (Å²) in [5, 5.41) is 3.50. The molecule has 0 aromatic heterocycles. The van der Waals surface area contributed by atoms with Gasteiger partial charge in [0.2, 0.25) is 17.7 Å². The SMILES string of the molecule is COc1cc(Cl)c(C)cc1N1C(=O)[C@@H]2[C@H]3CCCN3[C@]3(C(=O)Nc4ccc(C)cc43)[C@@H]2C1=O. The number of benzene rings is 2. The first-order valence-corrected chi connectivity index (χ1v) is 11.6. The minimum Gasteiger partial charge on any atom is -0.495 e. The molecule has 2 aromatic carbocycles. The van der Waals surface area contributed by atoms with Gasteiger partial charge in [-0.1, -0.05) is 29.3 Å². The number of rotatable bonds is 2. The zero-order valence-electron chi connectivity index (χ0n) is 18.6. The molecule has 1 N–H and O–H groups in total. The highest BCUT2D eigenvalue weighted by molar-refractivity contribution is 6.32. The second-order valence-corrected chi connectivity index (χ2v) is 9.87. The van der Waals surface area contributed by atoms with Crippen LogP contribution in [0, 0.1) is 25.7 Å². The molecule has 4 heterocycles. The van der Waals surface area contributed by atoms with E-state index in [1.54, 1.807) is 12.1 Å². The van der Waals surface area contributed by atoms with Crippen LogP contribution in [-0.4, -0.2) is 42.3 Å². The van der Waals surface area contributed by atoms with Crippen LogP contribution in [-0.2, 0) is 19.9 Å². The van der Waals surface area contributed by atoms with Crippen molar-refractivity contribution >= 4 is 40.7 Å². The molecule has 3 amide bonds. The number of anilines is 2. The molecule has 8 heteroatoms. The normalized spacial score (nSPS) is 30.1. The molecular formula is C25H24ClN3O4. The summed E-state index contributed by atoms with van der Waals surface area (Å²) in [4.78, 5) is 45.0. The van der Waals surface area contributed by atoms with Gasteiger partial charge in [-0.25, -0.2) is 4.90 Å². The molecule has 170 valence electrons. The Labute approximate surface area is 196 Å². The van der Waals surface area contributed by atoms with Gasteiger partial charge in [-0.3, -0.25) is 19.3 Å². The lowest BCUT2D eigenvalue weighted by Crippen LogP contribution is -2.54. The number of hydrogen-bond acceptors (Lipinski definition) is 5. The average molecular weight is 466 g/mol. The molecule has 2 aromatic rings. The fraction of sp³-hybridized carbons (Fsp3) is 0.400. The second kappa shape index (κ2) is 6.81. The number of ether oxygens (including phenoxy) is 1. The van der Waals surface area contributed by atoms with Gasteiger partial charge in [0, 0.05) is 28.4 Å². The van der Waals surface area contributed by atoms with E-state index in [-0.39, 0.29) is 23.8 Å². The van der Waals surface area contributed by atoms with E-state index in [0.29, 0.717) is 23.0 Å². The Hall–Kier alpha value is -2.90. The summed E-state index contributed by atoms with van der Waals surface area (Å²) in [5.74, 6) is -1.87. The summed E-state index contributed by atoms with van der Waals surface area (Å²) in [5.41, 5.74) is 2.47. The Morgan fingerprint density at radius 3 is 2.67 bits per heavy atom. The number of fused-ring (bicyclic) bond motifs is 7. The Bertz CT molecular complexity index is 1260. The summed E-state index contributed by atoms with van der Waals surface area (Å²) in [6.45, 7) is 4.48. The maximum atomic E-state index is 14.1. The predicted octanol–water partition coefficient (Wildman–Crippen LogP) is 3.40. The molecule has 7 nitrogen and oxygen atoms in total. The zero-order chi connectivity index (χ0) is 23.2. The molecule has 0 aliphatic carbocycles. The van der Waals surface area contributed by atoms with Gasteiger partial charge in [0.25, 0.3) is 0 Å². The highest BCUT2D eigenvalue weighted by Crippen LogP contribution is 2.61. The van der Waals surface area contributed by atoms with Gasteiger partial charge in [-0.2, -0.15) is 0 Å². The summed E-state index contributed by atoms with van der Waals surface area (Å²) in [6, 6.07) is 9.00. The molecule has 4 aliphatic rings. The lowest BCUT2D eigenvalue weighted by molar-refractivity contribution is -0.135. The Morgan fingerprint density at radius 2 is 1.91 bits per heavy atom. The van der Waals surface area contributed by atoms with E-state index in [1.807, 2.05) is 32.0 Å². The number of methoxy groups -OCH3 is 1. The lowest BCUT2D eigenvalue weighted by atomic mass is 9.75. The van der Waals surface area contributed by atoms with Crippen LogP contribution in [0.5, 0.6) is 5.75 Å². The van der Waals surface area contributed by atoms with Crippen molar-refractivity contribution in [3.63, 3.8) is 0 Å². The van der Waals surface area contributed by atoms with Crippen LogP contribution >= 0.6 is 11.6 Å². The fourth-order valence-electron chi connectivity index (χ4n) is 6.54. The van der Waals surface area contributed by atoms with E-state index in [2.05, 4.69) is 10.2 Å². The van der Waals surface area contributed by atoms with Crippen LogP contribution in [0.2, 0.25) is 5.02 Å². The number of hydrogen-bond donors (Lipinski definition) is 1. The first-order valence-electron chi connectivity index (χ1n) is 11.2. The largest absolute Gasteiger partial charge is 0.495 e. The van der Waals surface area contributed by atoms with Crippen LogP contribution in [0.3, 0.4) is 0 Å². The molecule has 4 atom stereocenters. The van der Waals surface area contributed by atoms with Crippen molar-refractivity contribution in [3.8, 4) is 5.75 Å². The number of aryl methyl sites for hydroxylation is 2. The van der Waals surface area contributed by atoms with Crippen molar-refractivity contribution in [1.82, 2.24) is 4.90 Å². The third kappa shape index (κ3) is 2.41. The monoisotopic (exact) mass is 465 g/mol. The summed E-state index contributed by atoms with van der Waals surface area (Å²) >= 11 is 6.27. The highest BCUT2D eigenvalue weighted by Gasteiger charge is 2.74. The molecule has 1 spiro atoms. The Balaban J connectivity index is 1.56. The quantitative estimate of drug-likeness (QED) is 0.688. The van der Waals surface area contributed by atoms with E-state index < -0.39 is 17.4 Å². The van der Waals surface area contributed by atoms with Gasteiger partial charge in [0.05, 0.1) is 24.6 Å². The number of halogens is 1. The van der Waals surface area contributed by atoms with Crippen molar-refractivity contribution in [2.75, 3.05) is 23.9 Å². The molecule has 33 heavy (non-hydrogen) atoms. The maximum absolute atomic E-state index is 14.1. The molecule has 0 saturated carbocycles. The summed E-state index contributed by atoms with van der Waals surface area (Å²) < 4.78 is 5.49. The second-order valence-electron chi connectivity index (χ2n) is 9.46. The van der Waals surface area contributed by atoms with Crippen LogP contribution in [0.15, 0.2) is 30.3 Å². The van der Waals surface area contributed by atoms with Crippen molar-refractivity contribution in [1.29, 1.82) is 0 Å². The third-order valence-electron chi connectivity index (χ3n) is 7.85. The van der Waals surface area contributed by atoms with Crippen molar-refractivity contribution in [2.45, 2.75) is 38.3 Å². The standard InChI is InChI=1S/C25H24ClN3O4/c1-12-6-7-16-14(9-12)25(24(32)27-16)21-20(17-5-4-8-28(17)25)22(30)29(23(21)31)18-10-13(2)15(26)11-19(18)33-3/h6-7,9-11,17,20-21H,4-5,8H2,1-3H3,(H,27,32)/t17-,20-,21+,25+/m1/s1. The number of imide groups is 1. The Morgan fingerprint density at radius 1 is 1.12 bits per heavy atom. The Kier molecular flexibility index (Phi) is 4.27. The summed E-state index contributed by atoms with van der Waals surface area (Å²) in [7, 11) is 1.49. The number of amides is 3. The first kappa shape index (κ1) is 20.7. The van der Waals surface area contributed by atoms with Crippen LogP contribution in [0.4, 0.5) is 11.4 Å². The molecular weight excluding hydrogens is 442 g/mol. The summed E-state index contributed by atoms with van der Waals surface area (Å²) in [6.07, 6.45) is 1.66. The van der Waals surface area contributed by atoms with Crippen LogP contribution in [0.1, 0.15) is 29.5 Å². The predicted molar refractivity (Wildman–Crippen MR) is 123 cm³/mol. The minimum atomic E-state index is -1.18. The van der Waals surface area contributed by atoms with Crippen molar-refractivity contribution in [2.24, 2.45) is 11.8 Å². The maximum Gasteiger partial charge on any atom is 0.250 e. The van der Waals surface area contributed by atoms with Gasteiger partial charge >= 0.3 is 0 Å². The van der Waals surface area contributed by atoms with Crippen LogP contribution < -0.4 is 15.0 Å². The van der Waals surface area contributed by atoms with Gasteiger partial charge in [0.1, 0.15) is 11.3 Å². The smallest absolute Gasteiger partial charge is 0.250 e. The molecule has 0 bridgehead atoms.